The highest BCUT2D eigenvalue weighted by atomic mass is 32.2. The number of nitrogens with zero attached hydrogens (tertiary/aromatic N) is 2. The van der Waals surface area contributed by atoms with Crippen LogP contribution >= 0.6 is 0 Å². The molecule has 1 aromatic rings. The fourth-order valence-corrected chi connectivity index (χ4v) is 2.34. The standard InChI is InChI=1S/C10H14N2O7S2/c1-10(2,3)12(13)6-7-4-5-8(20(14,15)16)11-9(7)21(17,18)19/h4-6H,1-3H3,(H,14,15,16)(H,17,18,19). The van der Waals surface area contributed by atoms with Gasteiger partial charge in [-0.3, -0.25) is 9.11 Å². The fraction of sp³-hybridized carbons (Fsp3) is 0.400. The van der Waals surface area contributed by atoms with E-state index in [1.54, 1.807) is 20.8 Å². The molecule has 1 aromatic heterocycles. The van der Waals surface area contributed by atoms with E-state index in [1.807, 2.05) is 0 Å². The van der Waals surface area contributed by atoms with Crippen molar-refractivity contribution in [3.8, 4) is 0 Å². The Hall–Kier alpha value is -1.56. The minimum absolute atomic E-state index is 0.310. The van der Waals surface area contributed by atoms with Gasteiger partial charge in [0.1, 0.15) is 0 Å². The van der Waals surface area contributed by atoms with Crippen molar-refractivity contribution in [2.45, 2.75) is 36.4 Å². The van der Waals surface area contributed by atoms with Crippen LogP contribution in [0.1, 0.15) is 26.3 Å². The second kappa shape index (κ2) is 5.33. The van der Waals surface area contributed by atoms with Crippen LogP contribution in [-0.4, -0.2) is 47.4 Å². The topological polar surface area (TPSA) is 148 Å². The van der Waals surface area contributed by atoms with E-state index >= 15 is 0 Å². The summed E-state index contributed by atoms with van der Waals surface area (Å²) in [4.78, 5) is 3.18. The Morgan fingerprint density at radius 3 is 2.05 bits per heavy atom. The van der Waals surface area contributed by atoms with Crippen molar-refractivity contribution in [1.29, 1.82) is 0 Å². The minimum Gasteiger partial charge on any atom is -0.623 e. The van der Waals surface area contributed by atoms with Crippen LogP contribution in [0.15, 0.2) is 22.2 Å². The summed E-state index contributed by atoms with van der Waals surface area (Å²) in [5, 5.41) is 9.79. The molecule has 2 N–H and O–H groups in total. The molecular formula is C10H14N2O7S2. The summed E-state index contributed by atoms with van der Waals surface area (Å²) in [7, 11) is -9.64. The van der Waals surface area contributed by atoms with Crippen molar-refractivity contribution in [2.24, 2.45) is 0 Å². The van der Waals surface area contributed by atoms with Gasteiger partial charge in [-0.1, -0.05) is 0 Å². The van der Waals surface area contributed by atoms with Crippen LogP contribution in [0.3, 0.4) is 0 Å². The molecule has 0 bridgehead atoms. The summed E-state index contributed by atoms with van der Waals surface area (Å²) in [5.74, 6) is 0. The maximum atomic E-state index is 11.8. The first-order chi connectivity index (χ1) is 9.23. The first-order valence-electron chi connectivity index (χ1n) is 5.50. The zero-order valence-corrected chi connectivity index (χ0v) is 13.0. The molecule has 0 saturated carbocycles. The Balaban J connectivity index is 3.63. The summed E-state index contributed by atoms with van der Waals surface area (Å²) in [5.41, 5.74) is -1.20. The third kappa shape index (κ3) is 4.46. The molecule has 0 amide bonds. The van der Waals surface area contributed by atoms with Crippen molar-refractivity contribution >= 4 is 26.5 Å². The minimum atomic E-state index is -4.89. The Kier molecular flexibility index (Phi) is 4.44. The summed E-state index contributed by atoms with van der Waals surface area (Å²) in [6, 6.07) is 1.75. The van der Waals surface area contributed by atoms with E-state index in [0.717, 1.165) is 18.3 Å². The summed E-state index contributed by atoms with van der Waals surface area (Å²) >= 11 is 0. The van der Waals surface area contributed by atoms with Gasteiger partial charge < -0.3 is 5.21 Å². The van der Waals surface area contributed by atoms with Crippen LogP contribution in [-0.2, 0) is 20.2 Å². The van der Waals surface area contributed by atoms with Crippen LogP contribution in [0.4, 0.5) is 0 Å². The molecule has 0 aliphatic carbocycles. The number of aromatic nitrogens is 1. The highest BCUT2D eigenvalue weighted by Crippen LogP contribution is 2.16. The Morgan fingerprint density at radius 2 is 1.67 bits per heavy atom. The Morgan fingerprint density at radius 1 is 1.14 bits per heavy atom. The molecule has 0 fully saturated rings. The highest BCUT2D eigenvalue weighted by Gasteiger charge is 2.25. The van der Waals surface area contributed by atoms with E-state index < -0.39 is 35.8 Å². The third-order valence-corrected chi connectivity index (χ3v) is 3.86. The predicted octanol–water partition coefficient (Wildman–Crippen LogP) is 0.303. The van der Waals surface area contributed by atoms with Gasteiger partial charge in [-0.15, -0.1) is 0 Å². The number of hydrogen-bond acceptors (Lipinski definition) is 6. The third-order valence-electron chi connectivity index (χ3n) is 2.29. The maximum Gasteiger partial charge on any atom is 0.313 e. The first-order valence-corrected chi connectivity index (χ1v) is 8.38. The van der Waals surface area contributed by atoms with Crippen LogP contribution in [0.5, 0.6) is 0 Å². The SMILES string of the molecule is CC(C)(C)[N+]([O-])=Cc1ccc(S(=O)(=O)O)nc1S(=O)(=O)O. The molecule has 0 aliphatic rings. The lowest BCUT2D eigenvalue weighted by molar-refractivity contribution is -0.530. The number of rotatable bonds is 3. The van der Waals surface area contributed by atoms with Gasteiger partial charge >= 0.3 is 20.2 Å². The van der Waals surface area contributed by atoms with Gasteiger partial charge in [0.25, 0.3) is 0 Å². The van der Waals surface area contributed by atoms with Crippen molar-refractivity contribution in [2.75, 3.05) is 0 Å². The number of pyridine rings is 1. The van der Waals surface area contributed by atoms with E-state index in [1.165, 1.54) is 0 Å². The average molecular weight is 338 g/mol. The van der Waals surface area contributed by atoms with Crippen LogP contribution in [0.2, 0.25) is 0 Å². The molecule has 0 radical (unpaired) electrons. The molecule has 118 valence electrons. The summed E-state index contributed by atoms with van der Waals surface area (Å²) in [6.45, 7) is 4.68. The summed E-state index contributed by atoms with van der Waals surface area (Å²) < 4.78 is 62.7. The molecule has 0 aromatic carbocycles. The van der Waals surface area contributed by atoms with Crippen molar-refractivity contribution < 1.29 is 30.7 Å². The van der Waals surface area contributed by atoms with Gasteiger partial charge in [-0.05, 0) is 12.1 Å². The molecule has 0 atom stereocenters. The lowest BCUT2D eigenvalue weighted by atomic mass is 10.1. The smallest absolute Gasteiger partial charge is 0.313 e. The largest absolute Gasteiger partial charge is 0.623 e. The number of hydroxylamine groups is 1. The highest BCUT2D eigenvalue weighted by molar-refractivity contribution is 7.86. The molecule has 0 unspecified atom stereocenters. The Labute approximate surface area is 122 Å². The van der Waals surface area contributed by atoms with Crippen LogP contribution in [0.25, 0.3) is 0 Å². The lowest BCUT2D eigenvalue weighted by Crippen LogP contribution is -2.29. The van der Waals surface area contributed by atoms with Gasteiger partial charge in [0.2, 0.25) is 0 Å². The molecule has 1 heterocycles. The van der Waals surface area contributed by atoms with E-state index in [2.05, 4.69) is 4.98 Å². The fourth-order valence-electron chi connectivity index (χ4n) is 1.20. The van der Waals surface area contributed by atoms with Gasteiger partial charge in [-0.25, -0.2) is 9.72 Å². The molecule has 11 heteroatoms. The van der Waals surface area contributed by atoms with E-state index in [4.69, 9.17) is 9.11 Å². The van der Waals surface area contributed by atoms with Gasteiger partial charge in [0.15, 0.2) is 21.8 Å². The van der Waals surface area contributed by atoms with Crippen molar-refractivity contribution in [1.82, 2.24) is 4.98 Å². The van der Waals surface area contributed by atoms with E-state index in [-0.39, 0.29) is 5.56 Å². The normalized spacial score (nSPS) is 14.2. The van der Waals surface area contributed by atoms with Crippen LogP contribution in [0, 0.1) is 5.21 Å². The van der Waals surface area contributed by atoms with Crippen molar-refractivity contribution in [3.05, 3.63) is 22.9 Å². The van der Waals surface area contributed by atoms with Gasteiger partial charge in [-0.2, -0.15) is 16.8 Å². The molecule has 0 saturated heterocycles. The number of hydrogen-bond donors (Lipinski definition) is 2. The molecule has 9 nitrogen and oxygen atoms in total. The molecule has 1 rings (SSSR count). The molecule has 0 spiro atoms. The van der Waals surface area contributed by atoms with E-state index in [9.17, 15) is 22.0 Å². The van der Waals surface area contributed by atoms with Gasteiger partial charge in [0.05, 0.1) is 5.56 Å². The molecular weight excluding hydrogens is 324 g/mol. The predicted molar refractivity (Wildman–Crippen MR) is 72.4 cm³/mol. The molecule has 0 aliphatic heterocycles. The van der Waals surface area contributed by atoms with Gasteiger partial charge in [0, 0.05) is 20.8 Å². The summed E-state index contributed by atoms with van der Waals surface area (Å²) in [6.07, 6.45) is 0.851. The average Bonchev–Trinajstić information content (AvgIpc) is 2.25. The van der Waals surface area contributed by atoms with Crippen molar-refractivity contribution in [3.63, 3.8) is 0 Å². The van der Waals surface area contributed by atoms with Crippen LogP contribution < -0.4 is 0 Å². The first kappa shape index (κ1) is 17.5. The molecule has 21 heavy (non-hydrogen) atoms. The quantitative estimate of drug-likeness (QED) is 0.263. The maximum absolute atomic E-state index is 11.8. The lowest BCUT2D eigenvalue weighted by Gasteiger charge is -2.18. The second-order valence-corrected chi connectivity index (χ2v) is 7.82. The second-order valence-electron chi connectivity index (χ2n) is 5.12. The monoisotopic (exact) mass is 338 g/mol. The van der Waals surface area contributed by atoms with E-state index in [0.29, 0.717) is 4.74 Å². The zero-order valence-electron chi connectivity index (χ0n) is 11.4. The zero-order chi connectivity index (χ0) is 16.6. The Bertz CT molecular complexity index is 789.